The van der Waals surface area contributed by atoms with Gasteiger partial charge < -0.3 is 8.85 Å². The van der Waals surface area contributed by atoms with E-state index in [1.807, 2.05) is 14.2 Å². The maximum absolute atomic E-state index is 5.89. The van der Waals surface area contributed by atoms with Crippen LogP contribution in [-0.2, 0) is 8.85 Å². The van der Waals surface area contributed by atoms with E-state index in [9.17, 15) is 0 Å². The molecule has 10 aromatic rings. The van der Waals surface area contributed by atoms with Crippen LogP contribution in [0, 0.1) is 0 Å². The highest BCUT2D eigenvalue weighted by Gasteiger charge is 2.57. The first kappa shape index (κ1) is 122. The number of fused-ring (bicyclic) bond motifs is 9. The Morgan fingerprint density at radius 3 is 0.554 bits per heavy atom. The van der Waals surface area contributed by atoms with Crippen LogP contribution in [0.1, 0.15) is 336 Å². The fourth-order valence-electron chi connectivity index (χ4n) is 30.7. The summed E-state index contributed by atoms with van der Waals surface area (Å²) in [6.45, 7) is 70.7. The van der Waals surface area contributed by atoms with E-state index in [1.54, 1.807) is 31.1 Å². The van der Waals surface area contributed by atoms with E-state index in [0.29, 0.717) is 25.2 Å². The molecule has 7 saturated carbocycles. The minimum Gasteiger partial charge on any atom is -0.411 e. The number of rotatable bonds is 17. The van der Waals surface area contributed by atoms with Crippen LogP contribution in [0.3, 0.4) is 0 Å². The number of hydrogen-bond acceptors (Lipinski definition) is 2. The Morgan fingerprint density at radius 2 is 0.372 bits per heavy atom. The summed E-state index contributed by atoms with van der Waals surface area (Å²) >= 11 is 0. The van der Waals surface area contributed by atoms with Crippen LogP contribution >= 0.6 is 0 Å². The molecular weight excluding hydrogens is 1930 g/mol. The third kappa shape index (κ3) is 25.3. The van der Waals surface area contributed by atoms with E-state index in [2.05, 4.69) is 456 Å². The molecule has 10 aliphatic rings. The fraction of sp³-hybridized carbons (Fsp3) is 0.562. The molecule has 20 rings (SSSR count). The van der Waals surface area contributed by atoms with Crippen molar-refractivity contribution in [1.29, 1.82) is 0 Å². The molecule has 0 N–H and O–H groups in total. The van der Waals surface area contributed by atoms with E-state index < -0.39 is 73.2 Å². The summed E-state index contributed by atoms with van der Waals surface area (Å²) < 4.78 is 11.8. The van der Waals surface area contributed by atoms with Gasteiger partial charge in [0.15, 0.2) is 0 Å². The van der Waals surface area contributed by atoms with Gasteiger partial charge in [-0.25, -0.2) is 0 Å². The lowest BCUT2D eigenvalue weighted by Crippen LogP contribution is -2.63. The Bertz CT molecular complexity index is 5130. The standard InChI is InChI=1S/C20H24Si.2C20H26Si.2C14H14OSi.2C14H30Si.2C10H22Si.CH4/c1-20(14-8-3-9-15-20)21(2)18-12-6-4-10-16(18)17-11-5-7-13-19(17)21;2*1-20(16-10-5-11-17-20)21(2,18-12-6-3-7-13-18)19-14-8-4-9-15-19;2*1-15-16(2)13-9-5-3-7-11(13)12-8-4-6-10-14(12)16;2*1-12(2)15(6,13(3)4)14(5)10-8-7-9-11-14;2*1-10(11(2,3)4)8-6-5-7-9-10;/h4-7,10-13H,3,8-9,14-15H2,1-2H3;2*3-4,6-9,12-15H,5,10-11,16-17H2,1-2H3;2*3-10H,1-2H3;2*12-13H,7-11H2,1-6H3;2*5-9H2,1-4H3;1H4. The van der Waals surface area contributed by atoms with Crippen molar-refractivity contribution >= 4 is 125 Å². The highest BCUT2D eigenvalue weighted by molar-refractivity contribution is 7.07. The van der Waals surface area contributed by atoms with Crippen molar-refractivity contribution in [2.24, 2.45) is 0 Å². The summed E-state index contributed by atoms with van der Waals surface area (Å²) in [5, 5.41) is 19.8. The Hall–Kier alpha value is -5.93. The highest BCUT2D eigenvalue weighted by atomic mass is 28.4. The highest BCUT2D eigenvalue weighted by Crippen LogP contribution is 2.62. The minimum atomic E-state index is -1.90. The minimum absolute atomic E-state index is 0. The van der Waals surface area contributed by atoms with Gasteiger partial charge in [0, 0.05) is 14.2 Å². The van der Waals surface area contributed by atoms with Crippen LogP contribution in [0.15, 0.2) is 267 Å². The van der Waals surface area contributed by atoms with Crippen molar-refractivity contribution in [2.45, 2.75) is 479 Å². The van der Waals surface area contributed by atoms with Gasteiger partial charge in [0.05, 0.1) is 32.3 Å². The normalized spacial score (nSPS) is 19.9. The summed E-state index contributed by atoms with van der Waals surface area (Å²) in [7, 11) is -9.24. The zero-order valence-electron chi connectivity index (χ0n) is 99.3. The van der Waals surface area contributed by atoms with Gasteiger partial charge in [0.1, 0.15) is 24.2 Å². The average Bonchev–Trinajstić information content (AvgIpc) is 1.54. The SMILES string of the molecule is C.CC(C)[Si](C)(C(C)C)C1(C)CCCCC1.CC(C)[Si](C)(C(C)C)C1(C)CCCCC1.CC1([Si](C)(C)C)CCCCC1.CC1([Si](C)(C)C)CCCCC1.CC1([Si](C)(c2ccccc2)c2ccccc2)CCCCC1.CC1([Si](C)(c2ccccc2)c2ccccc2)CCCCC1.CC1([Si]2(C)c3ccccc3-c3ccccc32)CCCCC1.CO[Si]1(C)c2ccccc2-c2ccccc21.CO[Si]1(C)c2ccccc2-c2ccccc21. The predicted molar refractivity (Wildman–Crippen MR) is 687 cm³/mol. The second-order valence-electron chi connectivity index (χ2n) is 54.1. The summed E-state index contributed by atoms with van der Waals surface area (Å²) in [4.78, 5) is 0. The Morgan fingerprint density at radius 1 is 0.209 bits per heavy atom. The lowest BCUT2D eigenvalue weighted by molar-refractivity contribution is 0.378. The molecule has 0 bridgehead atoms. The van der Waals surface area contributed by atoms with Crippen LogP contribution in [-0.4, -0.2) is 87.4 Å². The van der Waals surface area contributed by atoms with E-state index in [0.717, 1.165) is 32.2 Å². The molecule has 7 aliphatic carbocycles. The van der Waals surface area contributed by atoms with Crippen molar-refractivity contribution in [3.05, 3.63) is 267 Å². The summed E-state index contributed by atoms with van der Waals surface area (Å²) in [5.74, 6) is 0. The molecule has 0 aromatic heterocycles. The number of hydrogen-bond donors (Lipinski definition) is 0. The first-order chi connectivity index (χ1) is 69.6. The van der Waals surface area contributed by atoms with Crippen LogP contribution < -0.4 is 51.9 Å². The molecule has 0 saturated heterocycles. The van der Waals surface area contributed by atoms with Crippen molar-refractivity contribution in [2.75, 3.05) is 14.2 Å². The van der Waals surface area contributed by atoms with Gasteiger partial charge in [-0.15, -0.1) is 0 Å². The Kier molecular flexibility index (Phi) is 42.8. The third-order valence-corrected chi connectivity index (χ3v) is 93.4. The van der Waals surface area contributed by atoms with Crippen LogP contribution in [0.2, 0.25) is 143 Å². The van der Waals surface area contributed by atoms with Gasteiger partial charge in [-0.2, -0.15) is 0 Å². The van der Waals surface area contributed by atoms with Crippen LogP contribution in [0.4, 0.5) is 0 Å². The monoisotopic (exact) mass is 2140 g/mol. The van der Waals surface area contributed by atoms with Crippen molar-refractivity contribution in [1.82, 2.24) is 0 Å². The topological polar surface area (TPSA) is 18.5 Å². The maximum atomic E-state index is 5.89. The molecule has 10 aromatic carbocycles. The van der Waals surface area contributed by atoms with E-state index in [-0.39, 0.29) is 7.43 Å². The van der Waals surface area contributed by atoms with Crippen molar-refractivity contribution in [3.8, 4) is 33.4 Å². The van der Waals surface area contributed by atoms with Gasteiger partial charge in [0.2, 0.25) is 0 Å². The summed E-state index contributed by atoms with van der Waals surface area (Å²) in [6.07, 6.45) is 51.0. The van der Waals surface area contributed by atoms with Gasteiger partial charge >= 0.3 is 0 Å². The first-order valence-corrected chi connectivity index (χ1v) is 84.2. The quantitative estimate of drug-likeness (QED) is 0.0846. The van der Waals surface area contributed by atoms with Gasteiger partial charge in [0.25, 0.3) is 16.6 Å². The molecular formula is C137H212O2Si9. The molecule has 3 aliphatic heterocycles. The number of benzene rings is 10. The molecule has 2 nitrogen and oxygen atoms in total. The third-order valence-electron chi connectivity index (χ3n) is 44.1. The lowest BCUT2D eigenvalue weighted by Gasteiger charge is -2.53. The van der Waals surface area contributed by atoms with Crippen molar-refractivity contribution in [3.63, 3.8) is 0 Å². The van der Waals surface area contributed by atoms with Gasteiger partial charge in [-0.1, -0.05) is 679 Å². The smallest absolute Gasteiger partial charge is 0.253 e. The van der Waals surface area contributed by atoms with E-state index in [1.165, 1.54) is 279 Å². The fourth-order valence-corrected chi connectivity index (χ4v) is 66.5. The molecule has 0 atom stereocenters. The second-order valence-corrected chi connectivity index (χ2v) is 98.6. The summed E-state index contributed by atoms with van der Waals surface area (Å²) in [5.41, 5.74) is 12.2. The maximum Gasteiger partial charge on any atom is 0.253 e. The average molecular weight is 2140 g/mol. The molecule has 0 unspecified atom stereocenters. The summed E-state index contributed by atoms with van der Waals surface area (Å²) in [6, 6.07) is 98.3. The zero-order chi connectivity index (χ0) is 107. The van der Waals surface area contributed by atoms with Gasteiger partial charge in [-0.3, -0.25) is 0 Å². The van der Waals surface area contributed by atoms with E-state index >= 15 is 0 Å². The molecule has 3 heterocycles. The Labute approximate surface area is 919 Å². The molecule has 0 radical (unpaired) electrons. The molecule has 0 spiro atoms. The van der Waals surface area contributed by atoms with Gasteiger partial charge in [-0.05, 0) is 151 Å². The molecule has 808 valence electrons. The van der Waals surface area contributed by atoms with Crippen LogP contribution in [0.25, 0.3) is 33.4 Å². The largest absolute Gasteiger partial charge is 0.411 e. The molecule has 7 fully saturated rings. The zero-order valence-corrected chi connectivity index (χ0v) is 108. The second kappa shape index (κ2) is 51.8. The lowest BCUT2D eigenvalue weighted by atomic mass is 9.90. The van der Waals surface area contributed by atoms with Crippen LogP contribution in [0.5, 0.6) is 0 Å². The Balaban J connectivity index is 0.000000159. The molecule has 0 amide bonds. The van der Waals surface area contributed by atoms with E-state index in [4.69, 9.17) is 8.85 Å². The molecule has 11 heteroatoms. The molecule has 148 heavy (non-hydrogen) atoms. The first-order valence-electron chi connectivity index (χ1n) is 59.6. The predicted octanol–water partition coefficient (Wildman–Crippen LogP) is 37.8. The van der Waals surface area contributed by atoms with Crippen molar-refractivity contribution < 1.29 is 8.85 Å².